The highest BCUT2D eigenvalue weighted by Crippen LogP contribution is 2.26. The van der Waals surface area contributed by atoms with Crippen molar-refractivity contribution in [2.24, 2.45) is 7.05 Å². The average molecular weight is 298 g/mol. The van der Waals surface area contributed by atoms with Crippen LogP contribution in [0.2, 0.25) is 0 Å². The molecule has 0 aliphatic heterocycles. The molecular weight excluding hydrogens is 280 g/mol. The molecule has 6 nitrogen and oxygen atoms in total. The second-order valence-corrected chi connectivity index (χ2v) is 5.90. The first-order valence-corrected chi connectivity index (χ1v) is 7.52. The molecule has 0 amide bonds. The third kappa shape index (κ3) is 2.86. The van der Waals surface area contributed by atoms with E-state index in [1.165, 1.54) is 4.57 Å². The SMILES string of the molecule is C#CCNS(=O)(=O)c1c(C)c(C(=O)OCC)n(C)c1C. The maximum Gasteiger partial charge on any atom is 0.355 e. The molecule has 1 rings (SSSR count). The number of carbonyl (C=O) groups excluding carboxylic acids is 1. The molecule has 1 N–H and O–H groups in total. The molecule has 20 heavy (non-hydrogen) atoms. The van der Waals surface area contributed by atoms with Crippen LogP contribution in [-0.4, -0.2) is 32.1 Å². The number of hydrogen-bond acceptors (Lipinski definition) is 4. The van der Waals surface area contributed by atoms with Gasteiger partial charge in [-0.2, -0.15) is 4.72 Å². The van der Waals surface area contributed by atoms with Crippen LogP contribution in [0.15, 0.2) is 4.90 Å². The minimum Gasteiger partial charge on any atom is -0.461 e. The van der Waals surface area contributed by atoms with E-state index in [9.17, 15) is 13.2 Å². The van der Waals surface area contributed by atoms with Gasteiger partial charge >= 0.3 is 5.97 Å². The molecule has 0 aromatic carbocycles. The van der Waals surface area contributed by atoms with E-state index in [2.05, 4.69) is 10.6 Å². The number of aromatic nitrogens is 1. The molecule has 0 bridgehead atoms. The number of nitrogens with zero attached hydrogens (tertiary/aromatic N) is 1. The van der Waals surface area contributed by atoms with Gasteiger partial charge in [0.25, 0.3) is 0 Å². The van der Waals surface area contributed by atoms with Crippen molar-refractivity contribution < 1.29 is 17.9 Å². The van der Waals surface area contributed by atoms with Crippen molar-refractivity contribution in [3.8, 4) is 12.3 Å². The van der Waals surface area contributed by atoms with Crippen LogP contribution in [0.4, 0.5) is 0 Å². The lowest BCUT2D eigenvalue weighted by molar-refractivity contribution is 0.0514. The van der Waals surface area contributed by atoms with E-state index in [4.69, 9.17) is 11.2 Å². The number of carbonyl (C=O) groups is 1. The van der Waals surface area contributed by atoms with Crippen molar-refractivity contribution in [2.45, 2.75) is 25.7 Å². The predicted molar refractivity (Wildman–Crippen MR) is 74.9 cm³/mol. The number of sulfonamides is 1. The van der Waals surface area contributed by atoms with E-state index >= 15 is 0 Å². The molecule has 1 aromatic rings. The molecule has 0 spiro atoms. The highest BCUT2D eigenvalue weighted by molar-refractivity contribution is 7.89. The Kier molecular flexibility index (Phi) is 4.98. The first kappa shape index (κ1) is 16.3. The zero-order chi connectivity index (χ0) is 15.5. The van der Waals surface area contributed by atoms with Gasteiger partial charge in [0.1, 0.15) is 10.6 Å². The van der Waals surface area contributed by atoms with Crippen molar-refractivity contribution in [1.29, 1.82) is 0 Å². The Morgan fingerprint density at radius 2 is 2.05 bits per heavy atom. The van der Waals surface area contributed by atoms with E-state index in [1.54, 1.807) is 27.8 Å². The summed E-state index contributed by atoms with van der Waals surface area (Å²) in [6.45, 7) is 5.00. The highest BCUT2D eigenvalue weighted by Gasteiger charge is 2.28. The maximum absolute atomic E-state index is 12.2. The second-order valence-electron chi connectivity index (χ2n) is 4.20. The Labute approximate surface area is 119 Å². The van der Waals surface area contributed by atoms with Gasteiger partial charge in [0.15, 0.2) is 0 Å². The van der Waals surface area contributed by atoms with Crippen LogP contribution in [0.3, 0.4) is 0 Å². The summed E-state index contributed by atoms with van der Waals surface area (Å²) < 4.78 is 33.2. The number of hydrogen-bond donors (Lipinski definition) is 1. The van der Waals surface area contributed by atoms with Crippen molar-refractivity contribution in [3.05, 3.63) is 17.0 Å². The number of terminal acetylenes is 1. The molecule has 0 aliphatic rings. The van der Waals surface area contributed by atoms with Crippen LogP contribution >= 0.6 is 0 Å². The molecule has 0 radical (unpaired) electrons. The normalized spacial score (nSPS) is 11.2. The zero-order valence-corrected chi connectivity index (χ0v) is 12.8. The predicted octanol–water partition coefficient (Wildman–Crippen LogP) is 0.730. The molecule has 1 heterocycles. The van der Waals surface area contributed by atoms with Crippen LogP contribution in [0, 0.1) is 26.2 Å². The zero-order valence-electron chi connectivity index (χ0n) is 12.0. The van der Waals surface area contributed by atoms with Crippen molar-refractivity contribution in [3.63, 3.8) is 0 Å². The molecule has 110 valence electrons. The lowest BCUT2D eigenvalue weighted by Crippen LogP contribution is -2.25. The summed E-state index contributed by atoms with van der Waals surface area (Å²) in [5.74, 6) is 1.66. The van der Waals surface area contributed by atoms with Gasteiger partial charge in [-0.3, -0.25) is 0 Å². The smallest absolute Gasteiger partial charge is 0.355 e. The molecule has 0 aliphatic carbocycles. The van der Waals surface area contributed by atoms with Gasteiger partial charge in [-0.15, -0.1) is 6.42 Å². The van der Waals surface area contributed by atoms with Crippen LogP contribution in [0.5, 0.6) is 0 Å². The minimum atomic E-state index is -3.76. The quantitative estimate of drug-likeness (QED) is 0.642. The number of rotatable bonds is 5. The minimum absolute atomic E-state index is 0.0679. The number of nitrogens with one attached hydrogen (secondary N) is 1. The highest BCUT2D eigenvalue weighted by atomic mass is 32.2. The van der Waals surface area contributed by atoms with Crippen LogP contribution in [0.25, 0.3) is 0 Å². The molecule has 0 fully saturated rings. The summed E-state index contributed by atoms with van der Waals surface area (Å²) >= 11 is 0. The average Bonchev–Trinajstić information content (AvgIpc) is 2.58. The molecule has 0 atom stereocenters. The lowest BCUT2D eigenvalue weighted by atomic mass is 10.2. The van der Waals surface area contributed by atoms with Crippen molar-refractivity contribution >= 4 is 16.0 Å². The molecule has 0 unspecified atom stereocenters. The van der Waals surface area contributed by atoms with Gasteiger partial charge in [-0.25, -0.2) is 13.2 Å². The van der Waals surface area contributed by atoms with Crippen LogP contribution in [0.1, 0.15) is 28.7 Å². The van der Waals surface area contributed by atoms with E-state index in [0.29, 0.717) is 11.3 Å². The Bertz CT molecular complexity index is 666. The standard InChI is InChI=1S/C13H18N2O4S/c1-6-8-14-20(17,18)12-9(3)11(13(16)19-7-2)15(5)10(12)4/h1,14H,7-8H2,2-5H3. The van der Waals surface area contributed by atoms with Crippen molar-refractivity contribution in [1.82, 2.24) is 9.29 Å². The summed E-state index contributed by atoms with van der Waals surface area (Å²) in [5, 5.41) is 0. The second kappa shape index (κ2) is 6.11. The lowest BCUT2D eigenvalue weighted by Gasteiger charge is -2.05. The summed E-state index contributed by atoms with van der Waals surface area (Å²) in [6.07, 6.45) is 5.06. The van der Waals surface area contributed by atoms with E-state index in [0.717, 1.165) is 0 Å². The third-order valence-corrected chi connectivity index (χ3v) is 4.63. The van der Waals surface area contributed by atoms with Crippen molar-refractivity contribution in [2.75, 3.05) is 13.2 Å². The molecular formula is C13H18N2O4S. The fourth-order valence-electron chi connectivity index (χ4n) is 2.04. The van der Waals surface area contributed by atoms with E-state index in [1.807, 2.05) is 0 Å². The Hall–Kier alpha value is -1.78. The topological polar surface area (TPSA) is 77.4 Å². The molecule has 1 aromatic heterocycles. The summed E-state index contributed by atoms with van der Waals surface area (Å²) in [7, 11) is -2.14. The largest absolute Gasteiger partial charge is 0.461 e. The number of ether oxygens (including phenoxy) is 1. The van der Waals surface area contributed by atoms with Crippen LogP contribution in [-0.2, 0) is 21.8 Å². The van der Waals surface area contributed by atoms with Crippen LogP contribution < -0.4 is 4.72 Å². The maximum atomic E-state index is 12.2. The van der Waals surface area contributed by atoms with Gasteiger partial charge in [0.05, 0.1) is 13.2 Å². The Balaban J connectivity index is 3.42. The monoisotopic (exact) mass is 298 g/mol. The summed E-state index contributed by atoms with van der Waals surface area (Å²) in [6, 6.07) is 0. The van der Waals surface area contributed by atoms with Gasteiger partial charge in [0, 0.05) is 18.3 Å². The van der Waals surface area contributed by atoms with E-state index in [-0.39, 0.29) is 23.7 Å². The first-order chi connectivity index (χ1) is 9.27. The number of esters is 1. The summed E-state index contributed by atoms with van der Waals surface area (Å²) in [5.41, 5.74) is 1.04. The van der Waals surface area contributed by atoms with Gasteiger partial charge in [-0.1, -0.05) is 5.92 Å². The Morgan fingerprint density at radius 3 is 2.55 bits per heavy atom. The van der Waals surface area contributed by atoms with Gasteiger partial charge in [0.2, 0.25) is 10.0 Å². The summed E-state index contributed by atoms with van der Waals surface area (Å²) in [4.78, 5) is 12.0. The van der Waals surface area contributed by atoms with Gasteiger partial charge in [-0.05, 0) is 20.8 Å². The fraction of sp³-hybridized carbons (Fsp3) is 0.462. The van der Waals surface area contributed by atoms with E-state index < -0.39 is 16.0 Å². The molecule has 0 saturated carbocycles. The third-order valence-electron chi connectivity index (χ3n) is 2.96. The fourth-order valence-corrected chi connectivity index (χ4v) is 3.49. The first-order valence-electron chi connectivity index (χ1n) is 6.04. The molecule has 7 heteroatoms. The molecule has 0 saturated heterocycles. The Morgan fingerprint density at radius 1 is 1.45 bits per heavy atom. The van der Waals surface area contributed by atoms with Gasteiger partial charge < -0.3 is 9.30 Å².